The fourth-order valence-electron chi connectivity index (χ4n) is 2.62. The highest BCUT2D eigenvalue weighted by Gasteiger charge is 2.07. The third-order valence-electron chi connectivity index (χ3n) is 3.98. The van der Waals surface area contributed by atoms with E-state index in [2.05, 4.69) is 15.4 Å². The summed E-state index contributed by atoms with van der Waals surface area (Å²) in [6, 6.07) is 16.8. The lowest BCUT2D eigenvalue weighted by atomic mass is 10.1. The number of benzene rings is 2. The number of amides is 1. The molecule has 6 heteroatoms. The Labute approximate surface area is 150 Å². The highest BCUT2D eigenvalue weighted by atomic mass is 16.3. The Balaban J connectivity index is 1.41. The SMILES string of the molecule is O=C(Nc1ccc(-c2cnco2)cc1)c1ccc(Cn2cccn2)cc1. The maximum atomic E-state index is 12.4. The lowest BCUT2D eigenvalue weighted by molar-refractivity contribution is 0.102. The second-order valence-corrected chi connectivity index (χ2v) is 5.80. The van der Waals surface area contributed by atoms with Crippen LogP contribution in [0.4, 0.5) is 5.69 Å². The zero-order valence-electron chi connectivity index (χ0n) is 13.9. The summed E-state index contributed by atoms with van der Waals surface area (Å²) in [5.41, 5.74) is 3.32. The monoisotopic (exact) mass is 344 g/mol. The van der Waals surface area contributed by atoms with Crippen molar-refractivity contribution in [2.45, 2.75) is 6.54 Å². The van der Waals surface area contributed by atoms with E-state index in [9.17, 15) is 4.79 Å². The smallest absolute Gasteiger partial charge is 0.255 e. The van der Waals surface area contributed by atoms with Gasteiger partial charge in [0.25, 0.3) is 5.91 Å². The topological polar surface area (TPSA) is 73.0 Å². The van der Waals surface area contributed by atoms with Crippen molar-refractivity contribution < 1.29 is 9.21 Å². The molecule has 0 fully saturated rings. The van der Waals surface area contributed by atoms with Gasteiger partial charge in [-0.2, -0.15) is 5.10 Å². The molecule has 4 aromatic rings. The Kier molecular flexibility index (Phi) is 4.30. The highest BCUT2D eigenvalue weighted by molar-refractivity contribution is 6.04. The Morgan fingerprint density at radius 1 is 1.08 bits per heavy atom. The maximum absolute atomic E-state index is 12.4. The van der Waals surface area contributed by atoms with Gasteiger partial charge in [0.05, 0.1) is 12.7 Å². The van der Waals surface area contributed by atoms with Gasteiger partial charge in [0.1, 0.15) is 0 Å². The zero-order valence-corrected chi connectivity index (χ0v) is 13.9. The van der Waals surface area contributed by atoms with Gasteiger partial charge >= 0.3 is 0 Å². The van der Waals surface area contributed by atoms with Crippen molar-refractivity contribution in [1.82, 2.24) is 14.8 Å². The van der Waals surface area contributed by atoms with Crippen LogP contribution in [-0.4, -0.2) is 20.7 Å². The first-order valence-corrected chi connectivity index (χ1v) is 8.14. The third kappa shape index (κ3) is 3.54. The van der Waals surface area contributed by atoms with Crippen molar-refractivity contribution in [3.05, 3.63) is 90.7 Å². The molecule has 4 rings (SSSR count). The Bertz CT molecular complexity index is 973. The van der Waals surface area contributed by atoms with Crippen LogP contribution in [0.2, 0.25) is 0 Å². The first-order chi connectivity index (χ1) is 12.8. The summed E-state index contributed by atoms with van der Waals surface area (Å²) < 4.78 is 7.09. The largest absolute Gasteiger partial charge is 0.444 e. The predicted molar refractivity (Wildman–Crippen MR) is 97.7 cm³/mol. The van der Waals surface area contributed by atoms with Gasteiger partial charge in [0.2, 0.25) is 0 Å². The van der Waals surface area contributed by atoms with Crippen LogP contribution >= 0.6 is 0 Å². The average molecular weight is 344 g/mol. The maximum Gasteiger partial charge on any atom is 0.255 e. The van der Waals surface area contributed by atoms with E-state index >= 15 is 0 Å². The number of aromatic nitrogens is 3. The fraction of sp³-hybridized carbons (Fsp3) is 0.0500. The molecule has 0 bridgehead atoms. The molecule has 0 aliphatic carbocycles. The molecule has 1 N–H and O–H groups in total. The van der Waals surface area contributed by atoms with Crippen molar-refractivity contribution in [1.29, 1.82) is 0 Å². The minimum Gasteiger partial charge on any atom is -0.444 e. The zero-order chi connectivity index (χ0) is 17.8. The number of carbonyl (C=O) groups is 1. The summed E-state index contributed by atoms with van der Waals surface area (Å²) in [6.07, 6.45) is 6.69. The van der Waals surface area contributed by atoms with Crippen LogP contribution in [0.3, 0.4) is 0 Å². The van der Waals surface area contributed by atoms with Gasteiger partial charge in [0, 0.05) is 29.2 Å². The number of nitrogens with one attached hydrogen (secondary N) is 1. The van der Waals surface area contributed by atoms with Crippen LogP contribution < -0.4 is 5.32 Å². The molecule has 0 unspecified atom stereocenters. The second kappa shape index (κ2) is 7.06. The van der Waals surface area contributed by atoms with Gasteiger partial charge in [0.15, 0.2) is 12.2 Å². The van der Waals surface area contributed by atoms with Crippen LogP contribution in [0, 0.1) is 0 Å². The number of hydrogen-bond donors (Lipinski definition) is 1. The summed E-state index contributed by atoms with van der Waals surface area (Å²) in [4.78, 5) is 16.3. The van der Waals surface area contributed by atoms with Gasteiger partial charge in [-0.1, -0.05) is 12.1 Å². The van der Waals surface area contributed by atoms with Gasteiger partial charge in [-0.25, -0.2) is 4.98 Å². The number of oxazole rings is 1. The van der Waals surface area contributed by atoms with E-state index in [1.807, 2.05) is 65.5 Å². The van der Waals surface area contributed by atoms with Crippen molar-refractivity contribution >= 4 is 11.6 Å². The molecule has 1 amide bonds. The number of hydrogen-bond acceptors (Lipinski definition) is 4. The minimum absolute atomic E-state index is 0.150. The summed E-state index contributed by atoms with van der Waals surface area (Å²) in [6.45, 7) is 0.679. The standard InChI is InChI=1S/C20H16N4O2/c25-20(17-4-2-15(3-5-17)13-24-11-1-10-22-24)23-18-8-6-16(7-9-18)19-12-21-14-26-19/h1-12,14H,13H2,(H,23,25). The van der Waals surface area contributed by atoms with E-state index in [1.54, 1.807) is 12.4 Å². The third-order valence-corrected chi connectivity index (χ3v) is 3.98. The van der Waals surface area contributed by atoms with E-state index in [0.717, 1.165) is 16.8 Å². The molecule has 0 aliphatic heterocycles. The summed E-state index contributed by atoms with van der Waals surface area (Å²) in [5, 5.41) is 7.07. The second-order valence-electron chi connectivity index (χ2n) is 5.80. The molecule has 2 aromatic carbocycles. The number of carbonyl (C=O) groups excluding carboxylic acids is 1. The van der Waals surface area contributed by atoms with Crippen LogP contribution in [0.5, 0.6) is 0 Å². The fourth-order valence-corrected chi connectivity index (χ4v) is 2.62. The molecule has 128 valence electrons. The molecule has 0 atom stereocenters. The van der Waals surface area contributed by atoms with Crippen molar-refractivity contribution in [3.8, 4) is 11.3 Å². The summed E-state index contributed by atoms with van der Waals surface area (Å²) >= 11 is 0. The lowest BCUT2D eigenvalue weighted by Crippen LogP contribution is -2.12. The quantitative estimate of drug-likeness (QED) is 0.597. The van der Waals surface area contributed by atoms with Crippen LogP contribution in [0.1, 0.15) is 15.9 Å². The van der Waals surface area contributed by atoms with Gasteiger partial charge in [-0.05, 0) is 48.0 Å². The van der Waals surface area contributed by atoms with Crippen LogP contribution in [0.25, 0.3) is 11.3 Å². The molecular formula is C20H16N4O2. The van der Waals surface area contributed by atoms with E-state index < -0.39 is 0 Å². The Morgan fingerprint density at radius 3 is 2.54 bits per heavy atom. The van der Waals surface area contributed by atoms with Crippen molar-refractivity contribution in [2.75, 3.05) is 5.32 Å². The molecule has 2 heterocycles. The lowest BCUT2D eigenvalue weighted by Gasteiger charge is -2.07. The number of nitrogens with zero attached hydrogens (tertiary/aromatic N) is 3. The first-order valence-electron chi connectivity index (χ1n) is 8.14. The highest BCUT2D eigenvalue weighted by Crippen LogP contribution is 2.21. The summed E-state index contributed by atoms with van der Waals surface area (Å²) in [5.74, 6) is 0.540. The Morgan fingerprint density at radius 2 is 1.88 bits per heavy atom. The van der Waals surface area contributed by atoms with Crippen molar-refractivity contribution in [3.63, 3.8) is 0 Å². The molecule has 0 saturated carbocycles. The van der Waals surface area contributed by atoms with E-state index in [4.69, 9.17) is 4.42 Å². The molecule has 6 nitrogen and oxygen atoms in total. The van der Waals surface area contributed by atoms with Gasteiger partial charge in [-0.3, -0.25) is 9.48 Å². The molecule has 0 spiro atoms. The normalized spacial score (nSPS) is 10.6. The number of rotatable bonds is 5. The number of anilines is 1. The van der Waals surface area contributed by atoms with Crippen LogP contribution in [-0.2, 0) is 6.54 Å². The summed E-state index contributed by atoms with van der Waals surface area (Å²) in [7, 11) is 0. The minimum atomic E-state index is -0.150. The molecule has 0 saturated heterocycles. The van der Waals surface area contributed by atoms with Crippen molar-refractivity contribution in [2.24, 2.45) is 0 Å². The first kappa shape index (κ1) is 15.8. The van der Waals surface area contributed by atoms with E-state index in [-0.39, 0.29) is 5.91 Å². The van der Waals surface area contributed by atoms with Gasteiger partial charge < -0.3 is 9.73 Å². The van der Waals surface area contributed by atoms with E-state index in [1.165, 1.54) is 6.39 Å². The average Bonchev–Trinajstić information content (AvgIpc) is 3.37. The molecule has 26 heavy (non-hydrogen) atoms. The van der Waals surface area contributed by atoms with Crippen LogP contribution in [0.15, 0.2) is 84.0 Å². The predicted octanol–water partition coefficient (Wildman–Crippen LogP) is 3.84. The van der Waals surface area contributed by atoms with E-state index in [0.29, 0.717) is 17.9 Å². The molecular weight excluding hydrogens is 328 g/mol. The molecule has 0 radical (unpaired) electrons. The Hall–Kier alpha value is -3.67. The van der Waals surface area contributed by atoms with Gasteiger partial charge in [-0.15, -0.1) is 0 Å². The molecule has 2 aromatic heterocycles. The molecule has 0 aliphatic rings.